The van der Waals surface area contributed by atoms with Crippen molar-refractivity contribution in [2.75, 3.05) is 11.9 Å². The van der Waals surface area contributed by atoms with Crippen molar-refractivity contribution in [3.05, 3.63) is 51.9 Å². The Morgan fingerprint density at radius 1 is 1.16 bits per heavy atom. The first-order chi connectivity index (χ1) is 9.20. The van der Waals surface area contributed by atoms with Crippen molar-refractivity contribution in [2.24, 2.45) is 0 Å². The largest absolute Gasteiger partial charge is 0.369 e. The lowest BCUT2D eigenvalue weighted by Crippen LogP contribution is -2.08. The summed E-state index contributed by atoms with van der Waals surface area (Å²) in [5.74, 6) is 1.74. The van der Waals surface area contributed by atoms with Crippen molar-refractivity contribution in [3.63, 3.8) is 0 Å². The second kappa shape index (κ2) is 6.66. The van der Waals surface area contributed by atoms with E-state index in [2.05, 4.69) is 50.3 Å². The number of anilines is 1. The minimum absolute atomic E-state index is 0.760. The van der Waals surface area contributed by atoms with Gasteiger partial charge in [0.2, 0.25) is 0 Å². The molecule has 0 aliphatic rings. The Morgan fingerprint density at radius 3 is 2.58 bits per heavy atom. The normalized spacial score (nSPS) is 10.5. The van der Waals surface area contributed by atoms with Crippen molar-refractivity contribution in [2.45, 2.75) is 26.7 Å². The minimum atomic E-state index is 0.760. The van der Waals surface area contributed by atoms with Crippen LogP contribution in [0.2, 0.25) is 0 Å². The topological polar surface area (TPSA) is 37.8 Å². The summed E-state index contributed by atoms with van der Waals surface area (Å²) in [6, 6.07) is 10.3. The zero-order chi connectivity index (χ0) is 13.7. The van der Waals surface area contributed by atoms with Crippen molar-refractivity contribution in [1.29, 1.82) is 0 Å². The fourth-order valence-electron chi connectivity index (χ4n) is 1.84. The van der Waals surface area contributed by atoms with E-state index >= 15 is 0 Å². The maximum absolute atomic E-state index is 4.60. The SMILES string of the molecule is CCCNc1nc(Cc2ccccc2)nc(C)c1Br. The molecule has 0 saturated heterocycles. The molecule has 0 unspecified atom stereocenters. The van der Waals surface area contributed by atoms with Gasteiger partial charge in [-0.2, -0.15) is 0 Å². The van der Waals surface area contributed by atoms with Gasteiger partial charge < -0.3 is 5.32 Å². The van der Waals surface area contributed by atoms with Crippen LogP contribution in [-0.4, -0.2) is 16.5 Å². The molecule has 2 aromatic rings. The average Bonchev–Trinajstić information content (AvgIpc) is 2.42. The van der Waals surface area contributed by atoms with Gasteiger partial charge in [-0.3, -0.25) is 0 Å². The van der Waals surface area contributed by atoms with E-state index in [1.807, 2.05) is 25.1 Å². The van der Waals surface area contributed by atoms with Gasteiger partial charge in [0, 0.05) is 13.0 Å². The molecular weight excluding hydrogens is 302 g/mol. The number of benzene rings is 1. The first-order valence-electron chi connectivity index (χ1n) is 6.51. The van der Waals surface area contributed by atoms with E-state index in [0.29, 0.717) is 0 Å². The number of nitrogens with zero attached hydrogens (tertiary/aromatic N) is 2. The Morgan fingerprint density at radius 2 is 1.89 bits per heavy atom. The van der Waals surface area contributed by atoms with Gasteiger partial charge in [-0.05, 0) is 34.8 Å². The van der Waals surface area contributed by atoms with E-state index < -0.39 is 0 Å². The highest BCUT2D eigenvalue weighted by molar-refractivity contribution is 9.10. The molecule has 0 atom stereocenters. The van der Waals surface area contributed by atoms with Crippen molar-refractivity contribution < 1.29 is 0 Å². The van der Waals surface area contributed by atoms with Crippen LogP contribution in [0.4, 0.5) is 5.82 Å². The van der Waals surface area contributed by atoms with Crippen LogP contribution in [0.25, 0.3) is 0 Å². The van der Waals surface area contributed by atoms with E-state index in [1.54, 1.807) is 0 Å². The fourth-order valence-corrected chi connectivity index (χ4v) is 2.15. The summed E-state index contributed by atoms with van der Waals surface area (Å²) in [6.07, 6.45) is 1.83. The molecule has 0 aliphatic carbocycles. The lowest BCUT2D eigenvalue weighted by atomic mass is 10.1. The Labute approximate surface area is 122 Å². The molecule has 2 rings (SSSR count). The molecule has 0 aliphatic heterocycles. The van der Waals surface area contributed by atoms with Gasteiger partial charge in [0.05, 0.1) is 10.2 Å². The lowest BCUT2D eigenvalue weighted by Gasteiger charge is -2.10. The number of nitrogens with one attached hydrogen (secondary N) is 1. The first-order valence-corrected chi connectivity index (χ1v) is 7.30. The highest BCUT2D eigenvalue weighted by Crippen LogP contribution is 2.23. The first kappa shape index (κ1) is 14.0. The van der Waals surface area contributed by atoms with Gasteiger partial charge in [-0.1, -0.05) is 37.3 Å². The second-order valence-corrected chi connectivity index (χ2v) is 5.27. The van der Waals surface area contributed by atoms with Crippen LogP contribution in [0.15, 0.2) is 34.8 Å². The second-order valence-electron chi connectivity index (χ2n) is 4.48. The minimum Gasteiger partial charge on any atom is -0.369 e. The molecule has 100 valence electrons. The third kappa shape index (κ3) is 3.77. The van der Waals surface area contributed by atoms with Crippen LogP contribution in [0.3, 0.4) is 0 Å². The molecule has 0 fully saturated rings. The third-order valence-corrected chi connectivity index (χ3v) is 3.76. The summed E-state index contributed by atoms with van der Waals surface area (Å²) in [4.78, 5) is 9.14. The molecular formula is C15H18BrN3. The van der Waals surface area contributed by atoms with E-state index in [9.17, 15) is 0 Å². The average molecular weight is 320 g/mol. The number of aromatic nitrogens is 2. The van der Waals surface area contributed by atoms with E-state index in [1.165, 1.54) is 5.56 Å². The molecule has 0 radical (unpaired) electrons. The predicted molar refractivity (Wildman–Crippen MR) is 82.5 cm³/mol. The molecule has 19 heavy (non-hydrogen) atoms. The van der Waals surface area contributed by atoms with E-state index in [-0.39, 0.29) is 0 Å². The molecule has 3 nitrogen and oxygen atoms in total. The monoisotopic (exact) mass is 319 g/mol. The maximum Gasteiger partial charge on any atom is 0.144 e. The Hall–Kier alpha value is -1.42. The smallest absolute Gasteiger partial charge is 0.144 e. The van der Waals surface area contributed by atoms with Gasteiger partial charge in [0.1, 0.15) is 11.6 Å². The molecule has 1 aromatic heterocycles. The summed E-state index contributed by atoms with van der Waals surface area (Å²) in [7, 11) is 0. The van der Waals surface area contributed by atoms with Crippen LogP contribution >= 0.6 is 15.9 Å². The Kier molecular flexibility index (Phi) is 4.91. The fraction of sp³-hybridized carbons (Fsp3) is 0.333. The highest BCUT2D eigenvalue weighted by atomic mass is 79.9. The number of aryl methyl sites for hydroxylation is 1. The molecule has 4 heteroatoms. The van der Waals surface area contributed by atoms with Gasteiger partial charge in [-0.15, -0.1) is 0 Å². The quantitative estimate of drug-likeness (QED) is 0.906. The van der Waals surface area contributed by atoms with Gasteiger partial charge in [0.15, 0.2) is 0 Å². The molecule has 1 N–H and O–H groups in total. The number of halogens is 1. The van der Waals surface area contributed by atoms with Crippen molar-refractivity contribution >= 4 is 21.7 Å². The van der Waals surface area contributed by atoms with Gasteiger partial charge >= 0.3 is 0 Å². The van der Waals surface area contributed by atoms with Gasteiger partial charge in [0.25, 0.3) is 0 Å². The zero-order valence-corrected chi connectivity index (χ0v) is 12.9. The highest BCUT2D eigenvalue weighted by Gasteiger charge is 2.09. The lowest BCUT2D eigenvalue weighted by molar-refractivity contribution is 0.910. The molecule has 0 spiro atoms. The van der Waals surface area contributed by atoms with Gasteiger partial charge in [-0.25, -0.2) is 9.97 Å². The molecule has 0 bridgehead atoms. The summed E-state index contributed by atoms with van der Waals surface area (Å²) in [5.41, 5.74) is 2.20. The van der Waals surface area contributed by atoms with E-state index in [4.69, 9.17) is 0 Å². The molecule has 0 amide bonds. The summed E-state index contributed by atoms with van der Waals surface area (Å²) < 4.78 is 0.956. The van der Waals surface area contributed by atoms with Crippen molar-refractivity contribution in [1.82, 2.24) is 9.97 Å². The predicted octanol–water partition coefficient (Wildman–Crippen LogP) is 3.96. The molecule has 1 aromatic carbocycles. The summed E-state index contributed by atoms with van der Waals surface area (Å²) in [6.45, 7) is 5.05. The number of hydrogen-bond donors (Lipinski definition) is 1. The third-order valence-electron chi connectivity index (χ3n) is 2.81. The van der Waals surface area contributed by atoms with Crippen LogP contribution in [0.5, 0.6) is 0 Å². The Bertz CT molecular complexity index is 541. The Balaban J connectivity index is 2.23. The maximum atomic E-state index is 4.60. The number of rotatable bonds is 5. The van der Waals surface area contributed by atoms with Crippen LogP contribution in [0, 0.1) is 6.92 Å². The summed E-state index contributed by atoms with van der Waals surface area (Å²) in [5, 5.41) is 3.33. The van der Waals surface area contributed by atoms with Crippen molar-refractivity contribution in [3.8, 4) is 0 Å². The number of hydrogen-bond acceptors (Lipinski definition) is 3. The molecule has 1 heterocycles. The molecule has 0 saturated carbocycles. The van der Waals surface area contributed by atoms with E-state index in [0.717, 1.165) is 41.2 Å². The van der Waals surface area contributed by atoms with Crippen LogP contribution < -0.4 is 5.32 Å². The van der Waals surface area contributed by atoms with Crippen LogP contribution in [0.1, 0.15) is 30.4 Å². The summed E-state index contributed by atoms with van der Waals surface area (Å²) >= 11 is 3.54. The van der Waals surface area contributed by atoms with Crippen LogP contribution in [-0.2, 0) is 6.42 Å². The standard InChI is InChI=1S/C15H18BrN3/c1-3-9-17-15-14(16)11(2)18-13(19-15)10-12-7-5-4-6-8-12/h4-8H,3,9-10H2,1-2H3,(H,17,18,19). The zero-order valence-electron chi connectivity index (χ0n) is 11.3.